The van der Waals surface area contributed by atoms with Crippen molar-refractivity contribution in [2.75, 3.05) is 20.3 Å². The molecule has 0 amide bonds. The molecule has 1 aromatic carbocycles. The van der Waals surface area contributed by atoms with E-state index in [2.05, 4.69) is 16.4 Å². The van der Waals surface area contributed by atoms with Crippen molar-refractivity contribution in [2.24, 2.45) is 0 Å². The molecule has 2 aromatic rings. The van der Waals surface area contributed by atoms with E-state index < -0.39 is 0 Å². The molecule has 0 radical (unpaired) electrons. The van der Waals surface area contributed by atoms with Gasteiger partial charge < -0.3 is 14.8 Å². The Morgan fingerprint density at radius 3 is 2.76 bits per heavy atom. The van der Waals surface area contributed by atoms with Gasteiger partial charge in [0.05, 0.1) is 13.7 Å². The van der Waals surface area contributed by atoms with E-state index in [-0.39, 0.29) is 0 Å². The van der Waals surface area contributed by atoms with Gasteiger partial charge in [0.25, 0.3) is 0 Å². The zero-order valence-electron chi connectivity index (χ0n) is 12.6. The van der Waals surface area contributed by atoms with Crippen LogP contribution in [0.2, 0.25) is 0 Å². The fourth-order valence-electron chi connectivity index (χ4n) is 2.19. The van der Waals surface area contributed by atoms with Crippen molar-refractivity contribution < 1.29 is 9.47 Å². The van der Waals surface area contributed by atoms with Crippen molar-refractivity contribution in [1.29, 1.82) is 0 Å². The quantitative estimate of drug-likeness (QED) is 0.758. The molecule has 0 aliphatic heterocycles. The number of methoxy groups -OCH3 is 1. The van der Waals surface area contributed by atoms with Crippen molar-refractivity contribution in [1.82, 2.24) is 10.3 Å². The van der Waals surface area contributed by atoms with Gasteiger partial charge in [0, 0.05) is 37.0 Å². The maximum absolute atomic E-state index is 5.58. The molecule has 0 fully saturated rings. The number of hydrogen-bond donors (Lipinski definition) is 1. The van der Waals surface area contributed by atoms with E-state index in [4.69, 9.17) is 9.47 Å². The molecule has 4 nitrogen and oxygen atoms in total. The third kappa shape index (κ3) is 4.46. The van der Waals surface area contributed by atoms with E-state index >= 15 is 0 Å². The average molecular weight is 286 g/mol. The fraction of sp³-hybridized carbons (Fsp3) is 0.353. The second kappa shape index (κ2) is 8.27. The molecular formula is C17H22N2O2. The highest BCUT2D eigenvalue weighted by Crippen LogP contribution is 2.30. The number of aromatic nitrogens is 1. The Balaban J connectivity index is 1.89. The summed E-state index contributed by atoms with van der Waals surface area (Å²) in [5.74, 6) is 1.61. The fourth-order valence-corrected chi connectivity index (χ4v) is 2.19. The summed E-state index contributed by atoms with van der Waals surface area (Å²) < 4.78 is 11.0. The molecule has 0 aliphatic rings. The number of rotatable bonds is 8. The van der Waals surface area contributed by atoms with Crippen LogP contribution in [0, 0.1) is 0 Å². The zero-order valence-corrected chi connectivity index (χ0v) is 12.6. The lowest BCUT2D eigenvalue weighted by molar-refractivity contribution is 0.308. The van der Waals surface area contributed by atoms with Gasteiger partial charge in [-0.2, -0.15) is 0 Å². The van der Waals surface area contributed by atoms with E-state index in [0.29, 0.717) is 6.61 Å². The standard InChI is InChI=1S/C17H22N2O2/c1-3-21-16-9-6-7-14(17(16)20-2)13-18-12-10-15-8-4-5-11-19-15/h4-9,11,18H,3,10,12-13H2,1-2H3. The third-order valence-corrected chi connectivity index (χ3v) is 3.16. The number of benzene rings is 1. The molecule has 1 N–H and O–H groups in total. The van der Waals surface area contributed by atoms with Gasteiger partial charge in [0.2, 0.25) is 0 Å². The lowest BCUT2D eigenvalue weighted by Gasteiger charge is -2.14. The molecule has 2 rings (SSSR count). The average Bonchev–Trinajstić information content (AvgIpc) is 2.53. The molecule has 0 unspecified atom stereocenters. The molecule has 1 heterocycles. The molecule has 0 atom stereocenters. The molecule has 0 bridgehead atoms. The minimum Gasteiger partial charge on any atom is -0.493 e. The number of nitrogens with zero attached hydrogens (tertiary/aromatic N) is 1. The summed E-state index contributed by atoms with van der Waals surface area (Å²) in [4.78, 5) is 4.31. The molecule has 112 valence electrons. The second-order valence-electron chi connectivity index (χ2n) is 4.63. The normalized spacial score (nSPS) is 10.4. The van der Waals surface area contributed by atoms with Crippen molar-refractivity contribution in [2.45, 2.75) is 19.9 Å². The number of ether oxygens (including phenoxy) is 2. The maximum atomic E-state index is 5.58. The Morgan fingerprint density at radius 1 is 1.14 bits per heavy atom. The van der Waals surface area contributed by atoms with Gasteiger partial charge in [0.1, 0.15) is 0 Å². The van der Waals surface area contributed by atoms with Crippen molar-refractivity contribution in [3.05, 3.63) is 53.9 Å². The number of para-hydroxylation sites is 1. The van der Waals surface area contributed by atoms with Crippen LogP contribution in [0.4, 0.5) is 0 Å². The van der Waals surface area contributed by atoms with Crippen LogP contribution < -0.4 is 14.8 Å². The Hall–Kier alpha value is -2.07. The number of nitrogens with one attached hydrogen (secondary N) is 1. The van der Waals surface area contributed by atoms with Gasteiger partial charge in [-0.15, -0.1) is 0 Å². The third-order valence-electron chi connectivity index (χ3n) is 3.16. The van der Waals surface area contributed by atoms with Crippen LogP contribution in [0.1, 0.15) is 18.2 Å². The van der Waals surface area contributed by atoms with Gasteiger partial charge in [-0.3, -0.25) is 4.98 Å². The van der Waals surface area contributed by atoms with Crippen LogP contribution in [0.25, 0.3) is 0 Å². The SMILES string of the molecule is CCOc1cccc(CNCCc2ccccn2)c1OC. The van der Waals surface area contributed by atoms with Gasteiger partial charge >= 0.3 is 0 Å². The summed E-state index contributed by atoms with van der Waals surface area (Å²) in [5, 5.41) is 3.42. The second-order valence-corrected chi connectivity index (χ2v) is 4.63. The lowest BCUT2D eigenvalue weighted by Crippen LogP contribution is -2.17. The Morgan fingerprint density at radius 2 is 2.05 bits per heavy atom. The zero-order chi connectivity index (χ0) is 14.9. The topological polar surface area (TPSA) is 43.4 Å². The Bertz CT molecular complexity index is 544. The smallest absolute Gasteiger partial charge is 0.165 e. The predicted octanol–water partition coefficient (Wildman–Crippen LogP) is 2.82. The van der Waals surface area contributed by atoms with Crippen LogP contribution in [-0.4, -0.2) is 25.2 Å². The first-order valence-electron chi connectivity index (χ1n) is 7.24. The minimum atomic E-state index is 0.632. The highest BCUT2D eigenvalue weighted by molar-refractivity contribution is 5.46. The Labute approximate surface area is 126 Å². The van der Waals surface area contributed by atoms with Gasteiger partial charge in [0.15, 0.2) is 11.5 Å². The molecule has 0 saturated carbocycles. The summed E-state index contributed by atoms with van der Waals surface area (Å²) in [5.41, 5.74) is 2.20. The van der Waals surface area contributed by atoms with Crippen LogP contribution >= 0.6 is 0 Å². The van der Waals surface area contributed by atoms with Gasteiger partial charge in [-0.25, -0.2) is 0 Å². The summed E-state index contributed by atoms with van der Waals surface area (Å²) in [6.45, 7) is 4.22. The predicted molar refractivity (Wildman–Crippen MR) is 83.8 cm³/mol. The highest BCUT2D eigenvalue weighted by Gasteiger charge is 2.09. The van der Waals surface area contributed by atoms with Crippen LogP contribution in [-0.2, 0) is 13.0 Å². The molecule has 0 spiro atoms. The first-order valence-corrected chi connectivity index (χ1v) is 7.24. The van der Waals surface area contributed by atoms with Crippen molar-refractivity contribution in [3.8, 4) is 11.5 Å². The monoisotopic (exact) mass is 286 g/mol. The van der Waals surface area contributed by atoms with Crippen LogP contribution in [0.15, 0.2) is 42.6 Å². The van der Waals surface area contributed by atoms with E-state index in [1.54, 1.807) is 7.11 Å². The van der Waals surface area contributed by atoms with Crippen molar-refractivity contribution >= 4 is 0 Å². The summed E-state index contributed by atoms with van der Waals surface area (Å²) in [6, 6.07) is 12.0. The largest absolute Gasteiger partial charge is 0.493 e. The molecule has 0 aliphatic carbocycles. The molecule has 1 aromatic heterocycles. The van der Waals surface area contributed by atoms with E-state index in [1.165, 1.54) is 0 Å². The summed E-state index contributed by atoms with van der Waals surface area (Å²) in [7, 11) is 1.68. The number of pyridine rings is 1. The van der Waals surface area contributed by atoms with Crippen LogP contribution in [0.5, 0.6) is 11.5 Å². The van der Waals surface area contributed by atoms with Crippen molar-refractivity contribution in [3.63, 3.8) is 0 Å². The minimum absolute atomic E-state index is 0.632. The lowest BCUT2D eigenvalue weighted by atomic mass is 10.1. The summed E-state index contributed by atoms with van der Waals surface area (Å²) in [6.07, 6.45) is 2.73. The first kappa shape index (κ1) is 15.3. The maximum Gasteiger partial charge on any atom is 0.165 e. The van der Waals surface area contributed by atoms with Gasteiger partial charge in [-0.1, -0.05) is 18.2 Å². The van der Waals surface area contributed by atoms with E-state index in [0.717, 1.165) is 42.3 Å². The molecular weight excluding hydrogens is 264 g/mol. The molecule has 0 saturated heterocycles. The van der Waals surface area contributed by atoms with Gasteiger partial charge in [-0.05, 0) is 25.1 Å². The van der Waals surface area contributed by atoms with E-state index in [1.807, 2.05) is 43.5 Å². The molecule has 21 heavy (non-hydrogen) atoms. The summed E-state index contributed by atoms with van der Waals surface area (Å²) >= 11 is 0. The highest BCUT2D eigenvalue weighted by atomic mass is 16.5. The Kier molecular flexibility index (Phi) is 6.03. The van der Waals surface area contributed by atoms with Crippen LogP contribution in [0.3, 0.4) is 0 Å². The molecule has 4 heteroatoms. The first-order chi connectivity index (χ1) is 10.3. The van der Waals surface area contributed by atoms with E-state index in [9.17, 15) is 0 Å². The number of hydrogen-bond acceptors (Lipinski definition) is 4.